The topological polar surface area (TPSA) is 35.9 Å². The molecule has 2 rings (SSSR count). The summed E-state index contributed by atoms with van der Waals surface area (Å²) in [4.78, 5) is 0. The Morgan fingerprint density at radius 3 is 2.44 bits per heavy atom. The zero-order valence-electron chi connectivity index (χ0n) is 9.88. The van der Waals surface area contributed by atoms with Crippen molar-refractivity contribution in [3.8, 4) is 0 Å². The second-order valence-corrected chi connectivity index (χ2v) is 4.40. The minimum atomic E-state index is 0.487. The van der Waals surface area contributed by atoms with Crippen LogP contribution in [0.25, 0.3) is 5.57 Å². The number of aryl methyl sites for hydroxylation is 1. The van der Waals surface area contributed by atoms with E-state index in [-0.39, 0.29) is 0 Å². The molecule has 1 fully saturated rings. The van der Waals surface area contributed by atoms with E-state index in [9.17, 15) is 0 Å². The predicted octanol–water partition coefficient (Wildman–Crippen LogP) is 2.99. The highest BCUT2D eigenvalue weighted by atomic mass is 14.8. The SMILES string of the molecule is CN/C=C(\C(=N)C1CC1)c1ccc(C)cc1. The lowest BCUT2D eigenvalue weighted by molar-refractivity contribution is 1.10. The number of rotatable bonds is 4. The fraction of sp³-hybridized carbons (Fsp3) is 0.357. The molecule has 2 nitrogen and oxygen atoms in total. The molecule has 1 aliphatic carbocycles. The van der Waals surface area contributed by atoms with Gasteiger partial charge in [-0.05, 0) is 25.3 Å². The minimum absolute atomic E-state index is 0.487. The number of hydrogen-bond donors (Lipinski definition) is 2. The number of allylic oxidation sites excluding steroid dienone is 1. The molecule has 0 saturated heterocycles. The Morgan fingerprint density at radius 1 is 1.31 bits per heavy atom. The van der Waals surface area contributed by atoms with Gasteiger partial charge in [0.2, 0.25) is 0 Å². The van der Waals surface area contributed by atoms with E-state index >= 15 is 0 Å². The van der Waals surface area contributed by atoms with Gasteiger partial charge in [-0.1, -0.05) is 29.8 Å². The summed E-state index contributed by atoms with van der Waals surface area (Å²) in [5.41, 5.74) is 4.20. The molecule has 0 aromatic heterocycles. The van der Waals surface area contributed by atoms with Gasteiger partial charge in [-0.3, -0.25) is 0 Å². The van der Waals surface area contributed by atoms with E-state index in [1.165, 1.54) is 18.4 Å². The van der Waals surface area contributed by atoms with E-state index in [2.05, 4.69) is 36.5 Å². The van der Waals surface area contributed by atoms with Gasteiger partial charge >= 0.3 is 0 Å². The molecule has 0 radical (unpaired) electrons. The first kappa shape index (κ1) is 10.9. The molecule has 2 heteroatoms. The molecule has 0 atom stereocenters. The molecule has 16 heavy (non-hydrogen) atoms. The van der Waals surface area contributed by atoms with E-state index in [1.54, 1.807) is 0 Å². The van der Waals surface area contributed by atoms with Gasteiger partial charge in [0, 0.05) is 30.5 Å². The number of nitrogens with one attached hydrogen (secondary N) is 2. The maximum atomic E-state index is 8.15. The molecule has 0 amide bonds. The summed E-state index contributed by atoms with van der Waals surface area (Å²) in [5.74, 6) is 0.487. The molecule has 2 N–H and O–H groups in total. The highest BCUT2D eigenvalue weighted by Gasteiger charge is 2.28. The van der Waals surface area contributed by atoms with E-state index in [0.717, 1.165) is 16.8 Å². The Kier molecular flexibility index (Phi) is 3.09. The van der Waals surface area contributed by atoms with Crippen LogP contribution in [0.5, 0.6) is 0 Å². The van der Waals surface area contributed by atoms with Gasteiger partial charge in [-0.25, -0.2) is 0 Å². The summed E-state index contributed by atoms with van der Waals surface area (Å²) in [6.07, 6.45) is 4.28. The average molecular weight is 214 g/mol. The van der Waals surface area contributed by atoms with Crippen LogP contribution in [-0.2, 0) is 0 Å². The van der Waals surface area contributed by atoms with Crippen molar-refractivity contribution in [3.05, 3.63) is 41.6 Å². The van der Waals surface area contributed by atoms with Crippen LogP contribution in [0.3, 0.4) is 0 Å². The third kappa shape index (κ3) is 2.32. The Bertz CT molecular complexity index is 411. The normalized spacial score (nSPS) is 16.0. The highest BCUT2D eigenvalue weighted by molar-refractivity contribution is 6.24. The molecular formula is C14H18N2. The Labute approximate surface area is 96.9 Å². The van der Waals surface area contributed by atoms with E-state index in [1.807, 2.05) is 13.2 Å². The number of hydrogen-bond acceptors (Lipinski definition) is 2. The van der Waals surface area contributed by atoms with Crippen molar-refractivity contribution in [1.82, 2.24) is 5.32 Å². The molecule has 1 aliphatic rings. The van der Waals surface area contributed by atoms with Gasteiger partial charge < -0.3 is 10.7 Å². The number of benzene rings is 1. The summed E-state index contributed by atoms with van der Waals surface area (Å²) >= 11 is 0. The fourth-order valence-electron chi connectivity index (χ4n) is 1.79. The van der Waals surface area contributed by atoms with Crippen LogP contribution in [0.2, 0.25) is 0 Å². The van der Waals surface area contributed by atoms with Gasteiger partial charge in [0.25, 0.3) is 0 Å². The molecule has 84 valence electrons. The van der Waals surface area contributed by atoms with Gasteiger partial charge in [-0.2, -0.15) is 0 Å². The van der Waals surface area contributed by atoms with Crippen LogP contribution in [0.4, 0.5) is 0 Å². The maximum absolute atomic E-state index is 8.15. The summed E-state index contributed by atoms with van der Waals surface area (Å²) in [5, 5.41) is 11.2. The molecule has 1 aromatic rings. The summed E-state index contributed by atoms with van der Waals surface area (Å²) < 4.78 is 0. The maximum Gasteiger partial charge on any atom is 0.0437 e. The predicted molar refractivity (Wildman–Crippen MR) is 68.7 cm³/mol. The first-order chi connectivity index (χ1) is 7.72. The summed E-state index contributed by atoms with van der Waals surface area (Å²) in [7, 11) is 1.88. The van der Waals surface area contributed by atoms with Crippen molar-refractivity contribution in [1.29, 1.82) is 5.41 Å². The second kappa shape index (κ2) is 4.52. The van der Waals surface area contributed by atoms with Crippen molar-refractivity contribution in [2.24, 2.45) is 5.92 Å². The van der Waals surface area contributed by atoms with Crippen LogP contribution in [0, 0.1) is 18.3 Å². The first-order valence-electron chi connectivity index (χ1n) is 5.75. The second-order valence-electron chi connectivity index (χ2n) is 4.40. The monoisotopic (exact) mass is 214 g/mol. The Balaban J connectivity index is 2.28. The molecular weight excluding hydrogens is 196 g/mol. The van der Waals surface area contributed by atoms with Gasteiger partial charge in [0.15, 0.2) is 0 Å². The quantitative estimate of drug-likeness (QED) is 0.743. The molecule has 1 aromatic carbocycles. The largest absolute Gasteiger partial charge is 0.393 e. The lowest BCUT2D eigenvalue weighted by Crippen LogP contribution is -2.07. The molecule has 0 spiro atoms. The fourth-order valence-corrected chi connectivity index (χ4v) is 1.79. The van der Waals surface area contributed by atoms with E-state index in [4.69, 9.17) is 5.41 Å². The van der Waals surface area contributed by atoms with Crippen molar-refractivity contribution in [2.45, 2.75) is 19.8 Å². The van der Waals surface area contributed by atoms with Crippen molar-refractivity contribution in [2.75, 3.05) is 7.05 Å². The van der Waals surface area contributed by atoms with Crippen LogP contribution < -0.4 is 5.32 Å². The van der Waals surface area contributed by atoms with Gasteiger partial charge in [0.1, 0.15) is 0 Å². The first-order valence-corrected chi connectivity index (χ1v) is 5.75. The zero-order chi connectivity index (χ0) is 11.5. The molecule has 1 saturated carbocycles. The van der Waals surface area contributed by atoms with Crippen LogP contribution in [0.1, 0.15) is 24.0 Å². The van der Waals surface area contributed by atoms with E-state index in [0.29, 0.717) is 5.92 Å². The third-order valence-corrected chi connectivity index (χ3v) is 2.93. The van der Waals surface area contributed by atoms with Gasteiger partial charge in [0.05, 0.1) is 0 Å². The molecule has 0 bridgehead atoms. The van der Waals surface area contributed by atoms with Crippen molar-refractivity contribution < 1.29 is 0 Å². The smallest absolute Gasteiger partial charge is 0.0437 e. The standard InChI is InChI=1S/C14H18N2/c1-10-3-5-11(6-4-10)13(9-16-2)14(15)12-7-8-12/h3-6,9,12,15-16H,7-8H2,1-2H3/b13-9-,15-14?. The van der Waals surface area contributed by atoms with Gasteiger partial charge in [-0.15, -0.1) is 0 Å². The lowest BCUT2D eigenvalue weighted by Gasteiger charge is -2.09. The van der Waals surface area contributed by atoms with Crippen molar-refractivity contribution in [3.63, 3.8) is 0 Å². The summed E-state index contributed by atoms with van der Waals surface area (Å²) in [6, 6.07) is 8.38. The van der Waals surface area contributed by atoms with Crippen LogP contribution in [-0.4, -0.2) is 12.8 Å². The molecule has 0 aliphatic heterocycles. The molecule has 0 unspecified atom stereocenters. The average Bonchev–Trinajstić information content (AvgIpc) is 3.10. The van der Waals surface area contributed by atoms with Crippen LogP contribution in [0.15, 0.2) is 30.5 Å². The third-order valence-electron chi connectivity index (χ3n) is 2.93. The molecule has 0 heterocycles. The highest BCUT2D eigenvalue weighted by Crippen LogP contribution is 2.35. The van der Waals surface area contributed by atoms with Crippen molar-refractivity contribution >= 4 is 11.3 Å². The van der Waals surface area contributed by atoms with E-state index < -0.39 is 0 Å². The Morgan fingerprint density at radius 2 is 1.94 bits per heavy atom. The minimum Gasteiger partial charge on any atom is -0.393 e. The Hall–Kier alpha value is -1.57. The summed E-state index contributed by atoms with van der Waals surface area (Å²) in [6.45, 7) is 2.08. The zero-order valence-corrected chi connectivity index (χ0v) is 9.88. The lowest BCUT2D eigenvalue weighted by atomic mass is 9.98. The van der Waals surface area contributed by atoms with Crippen LogP contribution >= 0.6 is 0 Å².